The van der Waals surface area contributed by atoms with Gasteiger partial charge in [-0.05, 0) is 50.1 Å². The lowest BCUT2D eigenvalue weighted by Crippen LogP contribution is -2.39. The van der Waals surface area contributed by atoms with Gasteiger partial charge in [0.15, 0.2) is 0 Å². The quantitative estimate of drug-likeness (QED) is 0.411. The molecule has 0 radical (unpaired) electrons. The Morgan fingerprint density at radius 3 is 2.40 bits per heavy atom. The van der Waals surface area contributed by atoms with Gasteiger partial charge in [-0.2, -0.15) is 0 Å². The maximum absolute atomic E-state index is 5.00. The van der Waals surface area contributed by atoms with Gasteiger partial charge in [0, 0.05) is 24.3 Å². The minimum Gasteiger partial charge on any atom is -0.378 e. The molecule has 1 atom stereocenters. The van der Waals surface area contributed by atoms with Gasteiger partial charge in [0.2, 0.25) is 6.71 Å². The Bertz CT molecular complexity index is 1450. The highest BCUT2D eigenvalue weighted by Crippen LogP contribution is 2.25. The number of aromatic nitrogens is 2. The molecule has 1 unspecified atom stereocenters. The Labute approximate surface area is 209 Å². The van der Waals surface area contributed by atoms with E-state index in [2.05, 4.69) is 130 Å². The second kappa shape index (κ2) is 10.6. The topological polar surface area (TPSA) is 29.9 Å². The van der Waals surface area contributed by atoms with Gasteiger partial charge >= 0.3 is 0 Å². The van der Waals surface area contributed by atoms with E-state index in [4.69, 9.17) is 4.98 Å². The van der Waals surface area contributed by atoms with Gasteiger partial charge in [-0.1, -0.05) is 97.1 Å². The lowest BCUT2D eigenvalue weighted by molar-refractivity contribution is 0.876. The van der Waals surface area contributed by atoms with Crippen LogP contribution in [0.5, 0.6) is 0 Å². The molecular formula is C31H34BN3. The summed E-state index contributed by atoms with van der Waals surface area (Å²) < 4.78 is 2.17. The largest absolute Gasteiger partial charge is 0.378 e. The minimum atomic E-state index is 0.134. The molecule has 0 aliphatic carbocycles. The van der Waals surface area contributed by atoms with E-state index in [0.29, 0.717) is 0 Å². The molecule has 0 saturated carbocycles. The molecule has 4 rings (SSSR count). The molecular weight excluding hydrogens is 425 g/mol. The van der Waals surface area contributed by atoms with Crippen molar-refractivity contribution < 1.29 is 0 Å². The van der Waals surface area contributed by atoms with Gasteiger partial charge in [0.05, 0.1) is 10.7 Å². The van der Waals surface area contributed by atoms with Crippen molar-refractivity contribution in [3.63, 3.8) is 0 Å². The van der Waals surface area contributed by atoms with Gasteiger partial charge in [0.25, 0.3) is 0 Å². The number of anilines is 1. The lowest BCUT2D eigenvalue weighted by atomic mass is 9.42. The Kier molecular flexibility index (Phi) is 7.41. The third kappa shape index (κ3) is 5.17. The summed E-state index contributed by atoms with van der Waals surface area (Å²) in [6, 6.07) is 26.2. The first-order chi connectivity index (χ1) is 16.9. The average molecular weight is 459 g/mol. The molecule has 1 N–H and O–H groups in total. The second-order valence-corrected chi connectivity index (χ2v) is 9.16. The maximum atomic E-state index is 5.00. The van der Waals surface area contributed by atoms with E-state index >= 15 is 0 Å². The molecule has 3 aromatic carbocycles. The highest BCUT2D eigenvalue weighted by molar-refractivity contribution is 6.84. The SMILES string of the molecule is C=C/C=c1/nc(-c2cc(B(C)c3ccccc3)cc(C(C)Nc3ccccc3C)c2)n(C)/c1=C/C. The molecule has 1 aromatic heterocycles. The Morgan fingerprint density at radius 1 is 1.00 bits per heavy atom. The molecule has 4 heteroatoms. The zero-order chi connectivity index (χ0) is 24.9. The van der Waals surface area contributed by atoms with Crippen LogP contribution in [0.2, 0.25) is 6.82 Å². The average Bonchev–Trinajstić information content (AvgIpc) is 3.20. The van der Waals surface area contributed by atoms with Crippen molar-refractivity contribution >= 4 is 35.5 Å². The van der Waals surface area contributed by atoms with Crippen molar-refractivity contribution in [1.29, 1.82) is 0 Å². The predicted molar refractivity (Wildman–Crippen MR) is 153 cm³/mol. The number of hydrogen-bond acceptors (Lipinski definition) is 2. The third-order valence-electron chi connectivity index (χ3n) is 6.77. The monoisotopic (exact) mass is 459 g/mol. The molecule has 0 fully saturated rings. The minimum absolute atomic E-state index is 0.134. The third-order valence-corrected chi connectivity index (χ3v) is 6.77. The van der Waals surface area contributed by atoms with Crippen LogP contribution >= 0.6 is 0 Å². The summed E-state index contributed by atoms with van der Waals surface area (Å²) in [7, 11) is 2.08. The summed E-state index contributed by atoms with van der Waals surface area (Å²) in [4.78, 5) is 5.00. The number of allylic oxidation sites excluding steroid dienone is 1. The van der Waals surface area contributed by atoms with Crippen LogP contribution in [-0.4, -0.2) is 16.3 Å². The zero-order valence-corrected chi connectivity index (χ0v) is 21.4. The molecule has 35 heavy (non-hydrogen) atoms. The number of imidazole rings is 1. The molecule has 0 bridgehead atoms. The fourth-order valence-corrected chi connectivity index (χ4v) is 4.66. The summed E-state index contributed by atoms with van der Waals surface area (Å²) >= 11 is 0. The highest BCUT2D eigenvalue weighted by Gasteiger charge is 2.19. The Morgan fingerprint density at radius 2 is 1.71 bits per heavy atom. The Hall–Kier alpha value is -3.79. The highest BCUT2D eigenvalue weighted by atomic mass is 15.0. The second-order valence-electron chi connectivity index (χ2n) is 9.16. The van der Waals surface area contributed by atoms with Crippen molar-refractivity contribution in [2.24, 2.45) is 7.05 Å². The molecule has 3 nitrogen and oxygen atoms in total. The van der Waals surface area contributed by atoms with Gasteiger partial charge in [-0.15, -0.1) is 0 Å². The number of hydrogen-bond donors (Lipinski definition) is 1. The number of nitrogens with zero attached hydrogens (tertiary/aromatic N) is 2. The number of para-hydroxylation sites is 1. The first-order valence-electron chi connectivity index (χ1n) is 12.3. The fraction of sp³-hybridized carbons (Fsp3) is 0.194. The molecule has 0 aliphatic rings. The van der Waals surface area contributed by atoms with Crippen molar-refractivity contribution in [3.05, 3.63) is 107 Å². The number of aryl methyl sites for hydroxylation is 1. The summed E-state index contributed by atoms with van der Waals surface area (Å²) in [6.07, 6.45) is 5.87. The van der Waals surface area contributed by atoms with E-state index in [1.54, 1.807) is 6.08 Å². The van der Waals surface area contributed by atoms with Crippen molar-refractivity contribution in [2.75, 3.05) is 5.32 Å². The van der Waals surface area contributed by atoms with Crippen LogP contribution in [0.4, 0.5) is 5.69 Å². The molecule has 0 amide bonds. The fourth-order valence-electron chi connectivity index (χ4n) is 4.66. The molecule has 1 heterocycles. The van der Waals surface area contributed by atoms with Gasteiger partial charge in [-0.3, -0.25) is 0 Å². The maximum Gasteiger partial charge on any atom is 0.206 e. The molecule has 4 aromatic rings. The van der Waals surface area contributed by atoms with Crippen LogP contribution in [0, 0.1) is 6.92 Å². The van der Waals surface area contributed by atoms with Gasteiger partial charge in [0.1, 0.15) is 5.82 Å². The van der Waals surface area contributed by atoms with E-state index in [0.717, 1.165) is 27.8 Å². The van der Waals surface area contributed by atoms with E-state index < -0.39 is 0 Å². The van der Waals surface area contributed by atoms with Crippen LogP contribution in [0.25, 0.3) is 23.5 Å². The number of rotatable bonds is 7. The van der Waals surface area contributed by atoms with E-state index in [1.165, 1.54) is 22.1 Å². The van der Waals surface area contributed by atoms with E-state index in [1.807, 2.05) is 6.08 Å². The van der Waals surface area contributed by atoms with Crippen LogP contribution in [0.15, 0.2) is 85.5 Å². The number of benzene rings is 3. The normalized spacial score (nSPS) is 13.1. The van der Waals surface area contributed by atoms with Crippen molar-refractivity contribution in [3.8, 4) is 11.4 Å². The van der Waals surface area contributed by atoms with Gasteiger partial charge < -0.3 is 9.88 Å². The first-order valence-corrected chi connectivity index (χ1v) is 12.3. The summed E-state index contributed by atoms with van der Waals surface area (Å²) in [5.41, 5.74) is 7.34. The van der Waals surface area contributed by atoms with Crippen LogP contribution in [0.1, 0.15) is 31.0 Å². The van der Waals surface area contributed by atoms with E-state index in [9.17, 15) is 0 Å². The van der Waals surface area contributed by atoms with Crippen LogP contribution in [-0.2, 0) is 7.05 Å². The lowest BCUT2D eigenvalue weighted by Gasteiger charge is -2.21. The summed E-state index contributed by atoms with van der Waals surface area (Å²) in [5, 5.41) is 5.75. The van der Waals surface area contributed by atoms with Crippen molar-refractivity contribution in [2.45, 2.75) is 33.6 Å². The van der Waals surface area contributed by atoms with Crippen LogP contribution in [0.3, 0.4) is 0 Å². The zero-order valence-electron chi connectivity index (χ0n) is 21.4. The standard InChI is InChI=1S/C31H34BN3/c1-7-14-29-30(8-2)35(6)31(34-29)25-19-24(23(4)33-28-18-13-12-15-22(28)3)20-27(21-25)32(5)26-16-10-9-11-17-26/h7-21,23,33H,1H2,2-6H3/b29-14+,30-8+. The molecule has 0 saturated heterocycles. The van der Waals surface area contributed by atoms with Crippen molar-refractivity contribution in [1.82, 2.24) is 9.55 Å². The van der Waals surface area contributed by atoms with Gasteiger partial charge in [-0.25, -0.2) is 4.98 Å². The van der Waals surface area contributed by atoms with E-state index in [-0.39, 0.29) is 12.8 Å². The molecule has 176 valence electrons. The number of nitrogens with one attached hydrogen (secondary N) is 1. The first kappa shape index (κ1) is 24.3. The Balaban J connectivity index is 1.86. The summed E-state index contributed by atoms with van der Waals surface area (Å²) in [6.45, 7) is 12.8. The molecule has 0 spiro atoms. The predicted octanol–water partition coefficient (Wildman–Crippen LogP) is 4.57. The summed E-state index contributed by atoms with van der Waals surface area (Å²) in [5.74, 6) is 0.956. The smallest absolute Gasteiger partial charge is 0.206 e. The van der Waals surface area contributed by atoms with Crippen LogP contribution < -0.4 is 26.9 Å². The molecule has 0 aliphatic heterocycles.